The number of para-hydroxylation sites is 1. The molecule has 0 bridgehead atoms. The highest BCUT2D eigenvalue weighted by Crippen LogP contribution is 2.15. The Kier molecular flexibility index (Phi) is 8.27. The molecule has 0 aliphatic heterocycles. The Hall–Kier alpha value is -2.22. The largest absolute Gasteiger partial charge is 0.357 e. The van der Waals surface area contributed by atoms with Crippen LogP contribution in [-0.2, 0) is 13.0 Å². The fourth-order valence-electron chi connectivity index (χ4n) is 2.68. The Balaban J connectivity index is 0.00000243. The fraction of sp³-hybridized carbons (Fsp3) is 0.250. The summed E-state index contributed by atoms with van der Waals surface area (Å²) in [6.07, 6.45) is 4.53. The Morgan fingerprint density at radius 1 is 0.962 bits per heavy atom. The van der Waals surface area contributed by atoms with E-state index in [1.165, 1.54) is 10.9 Å². The summed E-state index contributed by atoms with van der Waals surface area (Å²) in [6.45, 7) is 4.24. The number of aliphatic imine (C=N–C) groups is 1. The van der Waals surface area contributed by atoms with E-state index in [0.717, 1.165) is 36.7 Å². The van der Waals surface area contributed by atoms with Gasteiger partial charge in [-0.15, -0.1) is 24.0 Å². The topological polar surface area (TPSA) is 62.2 Å². The molecule has 0 saturated heterocycles. The van der Waals surface area contributed by atoms with Gasteiger partial charge in [0, 0.05) is 30.9 Å². The molecule has 6 heteroatoms. The summed E-state index contributed by atoms with van der Waals surface area (Å²) >= 11 is 0. The zero-order valence-corrected chi connectivity index (χ0v) is 17.2. The zero-order valence-electron chi connectivity index (χ0n) is 14.9. The summed E-state index contributed by atoms with van der Waals surface area (Å²) in [6, 6.07) is 16.2. The van der Waals surface area contributed by atoms with Crippen molar-refractivity contribution in [1.29, 1.82) is 0 Å². The summed E-state index contributed by atoms with van der Waals surface area (Å²) < 4.78 is 0. The molecule has 3 aromatic rings. The molecule has 5 nitrogen and oxygen atoms in total. The molecule has 0 fully saturated rings. The number of rotatable bonds is 6. The van der Waals surface area contributed by atoms with Crippen LogP contribution in [0, 0.1) is 0 Å². The lowest BCUT2D eigenvalue weighted by molar-refractivity contribution is 0.798. The summed E-state index contributed by atoms with van der Waals surface area (Å²) in [7, 11) is 0. The van der Waals surface area contributed by atoms with E-state index in [4.69, 9.17) is 0 Å². The van der Waals surface area contributed by atoms with Crippen molar-refractivity contribution in [2.75, 3.05) is 13.1 Å². The van der Waals surface area contributed by atoms with Crippen LogP contribution in [0.5, 0.6) is 0 Å². The molecule has 1 aromatic carbocycles. The Morgan fingerprint density at radius 3 is 2.62 bits per heavy atom. The highest BCUT2D eigenvalue weighted by Gasteiger charge is 2.03. The van der Waals surface area contributed by atoms with Crippen LogP contribution in [-0.4, -0.2) is 29.0 Å². The summed E-state index contributed by atoms with van der Waals surface area (Å²) in [5, 5.41) is 7.84. The zero-order chi connectivity index (χ0) is 17.3. The van der Waals surface area contributed by atoms with Crippen molar-refractivity contribution < 1.29 is 0 Å². The average Bonchev–Trinajstić information content (AvgIpc) is 2.67. The standard InChI is InChI=1S/C20H23N5.HI/c1-2-21-20(25-15-18-10-3-4-12-22-18)24-14-11-17-8-5-7-16-9-6-13-23-19(16)17;/h3-10,12-13H,2,11,14-15H2,1H3,(H2,21,24,25);1H. The maximum Gasteiger partial charge on any atom is 0.191 e. The Bertz CT molecular complexity index is 830. The lowest BCUT2D eigenvalue weighted by atomic mass is 10.1. The van der Waals surface area contributed by atoms with Crippen LogP contribution in [0.4, 0.5) is 0 Å². The van der Waals surface area contributed by atoms with Gasteiger partial charge in [0.2, 0.25) is 0 Å². The number of guanidine groups is 1. The van der Waals surface area contributed by atoms with E-state index in [9.17, 15) is 0 Å². The van der Waals surface area contributed by atoms with E-state index in [-0.39, 0.29) is 24.0 Å². The average molecular weight is 461 g/mol. The van der Waals surface area contributed by atoms with E-state index < -0.39 is 0 Å². The molecule has 3 rings (SSSR count). The molecule has 0 amide bonds. The van der Waals surface area contributed by atoms with Gasteiger partial charge < -0.3 is 10.6 Å². The minimum Gasteiger partial charge on any atom is -0.357 e. The van der Waals surface area contributed by atoms with Crippen molar-refractivity contribution in [3.63, 3.8) is 0 Å². The Labute approximate surface area is 171 Å². The van der Waals surface area contributed by atoms with Crippen LogP contribution in [0.3, 0.4) is 0 Å². The highest BCUT2D eigenvalue weighted by molar-refractivity contribution is 14.0. The molecular formula is C20H24IN5. The molecule has 136 valence electrons. The second-order valence-electron chi connectivity index (χ2n) is 5.69. The molecule has 0 atom stereocenters. The van der Waals surface area contributed by atoms with E-state index in [2.05, 4.69) is 56.8 Å². The van der Waals surface area contributed by atoms with Crippen LogP contribution in [0.15, 0.2) is 65.9 Å². The first-order chi connectivity index (χ1) is 12.4. The number of fused-ring (bicyclic) bond motifs is 1. The molecule has 0 unspecified atom stereocenters. The molecule has 26 heavy (non-hydrogen) atoms. The SMILES string of the molecule is CCNC(=NCc1ccccn1)NCCc1cccc2cccnc12.I. The normalized spacial score (nSPS) is 11.0. The third kappa shape index (κ3) is 5.66. The number of nitrogens with one attached hydrogen (secondary N) is 2. The number of pyridine rings is 2. The molecule has 0 aliphatic rings. The van der Waals surface area contributed by atoms with Gasteiger partial charge in [-0.25, -0.2) is 4.99 Å². The highest BCUT2D eigenvalue weighted by atomic mass is 127. The first kappa shape index (κ1) is 20.1. The lowest BCUT2D eigenvalue weighted by Gasteiger charge is -2.12. The van der Waals surface area contributed by atoms with Gasteiger partial charge in [0.25, 0.3) is 0 Å². The Morgan fingerprint density at radius 2 is 1.81 bits per heavy atom. The van der Waals surface area contributed by atoms with Gasteiger partial charge in [0.15, 0.2) is 5.96 Å². The van der Waals surface area contributed by atoms with Crippen LogP contribution < -0.4 is 10.6 Å². The number of halogens is 1. The maximum absolute atomic E-state index is 4.59. The third-order valence-electron chi connectivity index (χ3n) is 3.87. The van der Waals surface area contributed by atoms with Gasteiger partial charge in [-0.1, -0.05) is 30.3 Å². The molecular weight excluding hydrogens is 437 g/mol. The first-order valence-corrected chi connectivity index (χ1v) is 8.61. The predicted octanol–water partition coefficient (Wildman–Crippen LogP) is 3.55. The quantitative estimate of drug-likeness (QED) is 0.335. The summed E-state index contributed by atoms with van der Waals surface area (Å²) in [4.78, 5) is 13.4. The second kappa shape index (κ2) is 10.7. The fourth-order valence-corrected chi connectivity index (χ4v) is 2.68. The van der Waals surface area contributed by atoms with Crippen LogP contribution in [0.1, 0.15) is 18.2 Å². The number of benzene rings is 1. The molecule has 0 aliphatic carbocycles. The molecule has 2 aromatic heterocycles. The van der Waals surface area contributed by atoms with Crippen molar-refractivity contribution in [3.05, 3.63) is 72.2 Å². The molecule has 0 radical (unpaired) electrons. The van der Waals surface area contributed by atoms with Gasteiger partial charge in [-0.05, 0) is 37.1 Å². The third-order valence-corrected chi connectivity index (χ3v) is 3.87. The van der Waals surface area contributed by atoms with Crippen molar-refractivity contribution >= 4 is 40.8 Å². The minimum absolute atomic E-state index is 0. The van der Waals surface area contributed by atoms with Crippen molar-refractivity contribution in [3.8, 4) is 0 Å². The number of hydrogen-bond donors (Lipinski definition) is 2. The monoisotopic (exact) mass is 461 g/mol. The minimum atomic E-state index is 0. The lowest BCUT2D eigenvalue weighted by Crippen LogP contribution is -2.38. The van der Waals surface area contributed by atoms with Crippen molar-refractivity contribution in [1.82, 2.24) is 20.6 Å². The number of aromatic nitrogens is 2. The molecule has 0 saturated carbocycles. The van der Waals surface area contributed by atoms with Gasteiger partial charge in [-0.3, -0.25) is 9.97 Å². The van der Waals surface area contributed by atoms with E-state index in [1.54, 1.807) is 6.20 Å². The van der Waals surface area contributed by atoms with Crippen molar-refractivity contribution in [2.45, 2.75) is 19.9 Å². The van der Waals surface area contributed by atoms with Gasteiger partial charge in [0.1, 0.15) is 0 Å². The van der Waals surface area contributed by atoms with Gasteiger partial charge >= 0.3 is 0 Å². The van der Waals surface area contributed by atoms with Crippen LogP contribution in [0.2, 0.25) is 0 Å². The van der Waals surface area contributed by atoms with E-state index in [0.29, 0.717) is 6.54 Å². The molecule has 2 N–H and O–H groups in total. The van der Waals surface area contributed by atoms with Gasteiger partial charge in [0.05, 0.1) is 17.8 Å². The molecule has 2 heterocycles. The summed E-state index contributed by atoms with van der Waals surface area (Å²) in [5.74, 6) is 0.807. The smallest absolute Gasteiger partial charge is 0.191 e. The van der Waals surface area contributed by atoms with E-state index in [1.807, 2.05) is 30.5 Å². The van der Waals surface area contributed by atoms with Crippen LogP contribution >= 0.6 is 24.0 Å². The first-order valence-electron chi connectivity index (χ1n) is 8.61. The number of nitrogens with zero attached hydrogens (tertiary/aromatic N) is 3. The maximum atomic E-state index is 4.59. The van der Waals surface area contributed by atoms with E-state index >= 15 is 0 Å². The number of hydrogen-bond acceptors (Lipinski definition) is 3. The summed E-state index contributed by atoms with van der Waals surface area (Å²) in [5.41, 5.74) is 3.27. The second-order valence-corrected chi connectivity index (χ2v) is 5.69. The molecule has 0 spiro atoms. The van der Waals surface area contributed by atoms with Gasteiger partial charge in [-0.2, -0.15) is 0 Å². The van der Waals surface area contributed by atoms with Crippen LogP contribution in [0.25, 0.3) is 10.9 Å². The predicted molar refractivity (Wildman–Crippen MR) is 118 cm³/mol. The van der Waals surface area contributed by atoms with Crippen molar-refractivity contribution in [2.24, 2.45) is 4.99 Å².